The average molecular weight is 228 g/mol. The molecule has 1 heterocycles. The molecule has 0 bridgehead atoms. The summed E-state index contributed by atoms with van der Waals surface area (Å²) < 4.78 is 4.50. The van der Waals surface area contributed by atoms with Crippen molar-refractivity contribution in [1.29, 1.82) is 0 Å². The van der Waals surface area contributed by atoms with Crippen LogP contribution in [0.1, 0.15) is 25.7 Å². The summed E-state index contributed by atoms with van der Waals surface area (Å²) in [4.78, 5) is 24.4. The van der Waals surface area contributed by atoms with Gasteiger partial charge in [-0.2, -0.15) is 0 Å². The molecule has 1 fully saturated rings. The molecular weight excluding hydrogens is 208 g/mol. The Morgan fingerprint density at radius 2 is 2.00 bits per heavy atom. The van der Waals surface area contributed by atoms with Gasteiger partial charge in [-0.1, -0.05) is 0 Å². The molecule has 0 aromatic rings. The first-order valence-corrected chi connectivity index (χ1v) is 5.78. The molecule has 1 amide bonds. The SMILES string of the molecule is COC(=O)CCCNC(=O)CN1CCCC1. The van der Waals surface area contributed by atoms with Crippen LogP contribution < -0.4 is 5.32 Å². The molecule has 0 aromatic carbocycles. The number of nitrogens with zero attached hydrogens (tertiary/aromatic N) is 1. The second kappa shape index (κ2) is 7.22. The summed E-state index contributed by atoms with van der Waals surface area (Å²) in [6, 6.07) is 0. The van der Waals surface area contributed by atoms with E-state index in [9.17, 15) is 9.59 Å². The summed E-state index contributed by atoms with van der Waals surface area (Å²) >= 11 is 0. The van der Waals surface area contributed by atoms with Gasteiger partial charge in [0.1, 0.15) is 0 Å². The van der Waals surface area contributed by atoms with Gasteiger partial charge >= 0.3 is 5.97 Å². The average Bonchev–Trinajstić information content (AvgIpc) is 2.76. The van der Waals surface area contributed by atoms with E-state index in [-0.39, 0.29) is 11.9 Å². The van der Waals surface area contributed by atoms with Gasteiger partial charge < -0.3 is 10.1 Å². The number of esters is 1. The van der Waals surface area contributed by atoms with Crippen LogP contribution in [-0.2, 0) is 14.3 Å². The fourth-order valence-electron chi connectivity index (χ4n) is 1.76. The standard InChI is InChI=1S/C11H20N2O3/c1-16-11(15)5-4-6-12-10(14)9-13-7-2-3-8-13/h2-9H2,1H3,(H,12,14). The lowest BCUT2D eigenvalue weighted by atomic mass is 10.3. The summed E-state index contributed by atoms with van der Waals surface area (Å²) in [5.41, 5.74) is 0. The highest BCUT2D eigenvalue weighted by Crippen LogP contribution is 2.05. The lowest BCUT2D eigenvalue weighted by Crippen LogP contribution is -2.36. The number of amides is 1. The van der Waals surface area contributed by atoms with Gasteiger partial charge in [0, 0.05) is 13.0 Å². The third-order valence-corrected chi connectivity index (χ3v) is 2.67. The van der Waals surface area contributed by atoms with Gasteiger partial charge in [-0.15, -0.1) is 0 Å². The van der Waals surface area contributed by atoms with E-state index in [0.717, 1.165) is 13.1 Å². The Hall–Kier alpha value is -1.10. The third-order valence-electron chi connectivity index (χ3n) is 2.67. The molecule has 1 rings (SSSR count). The molecule has 1 aliphatic heterocycles. The van der Waals surface area contributed by atoms with E-state index in [4.69, 9.17) is 0 Å². The van der Waals surface area contributed by atoms with Crippen molar-refractivity contribution < 1.29 is 14.3 Å². The van der Waals surface area contributed by atoms with E-state index in [1.807, 2.05) is 0 Å². The smallest absolute Gasteiger partial charge is 0.305 e. The van der Waals surface area contributed by atoms with Crippen LogP contribution in [0.3, 0.4) is 0 Å². The predicted octanol–water partition coefficient (Wildman–Crippen LogP) is 0.152. The summed E-state index contributed by atoms with van der Waals surface area (Å²) in [7, 11) is 1.37. The van der Waals surface area contributed by atoms with Crippen molar-refractivity contribution in [2.24, 2.45) is 0 Å². The molecule has 0 spiro atoms. The topological polar surface area (TPSA) is 58.6 Å². The molecule has 0 unspecified atom stereocenters. The minimum atomic E-state index is -0.228. The Labute approximate surface area is 96.1 Å². The van der Waals surface area contributed by atoms with Crippen molar-refractivity contribution in [3.63, 3.8) is 0 Å². The van der Waals surface area contributed by atoms with Crippen molar-refractivity contribution >= 4 is 11.9 Å². The Bertz CT molecular complexity index is 237. The van der Waals surface area contributed by atoms with Gasteiger partial charge in [-0.05, 0) is 32.4 Å². The first-order chi connectivity index (χ1) is 7.72. The predicted molar refractivity (Wildman–Crippen MR) is 59.9 cm³/mol. The Morgan fingerprint density at radius 3 is 2.62 bits per heavy atom. The number of rotatable bonds is 6. The zero-order valence-electron chi connectivity index (χ0n) is 9.83. The van der Waals surface area contributed by atoms with Crippen LogP contribution in [0.25, 0.3) is 0 Å². The molecule has 5 heteroatoms. The van der Waals surface area contributed by atoms with Gasteiger partial charge in [0.05, 0.1) is 13.7 Å². The lowest BCUT2D eigenvalue weighted by Gasteiger charge is -2.13. The maximum Gasteiger partial charge on any atom is 0.305 e. The van der Waals surface area contributed by atoms with Crippen LogP contribution in [-0.4, -0.2) is 50.1 Å². The molecular formula is C11H20N2O3. The van der Waals surface area contributed by atoms with Gasteiger partial charge in [0.25, 0.3) is 0 Å². The second-order valence-corrected chi connectivity index (χ2v) is 4.01. The fourth-order valence-corrected chi connectivity index (χ4v) is 1.76. The molecule has 0 aliphatic carbocycles. The van der Waals surface area contributed by atoms with E-state index < -0.39 is 0 Å². The number of nitrogens with one attached hydrogen (secondary N) is 1. The zero-order chi connectivity index (χ0) is 11.8. The number of carbonyl (C=O) groups excluding carboxylic acids is 2. The normalized spacial score (nSPS) is 16.1. The fraction of sp³-hybridized carbons (Fsp3) is 0.818. The summed E-state index contributed by atoms with van der Waals surface area (Å²) in [5.74, 6) is -0.180. The number of carbonyl (C=O) groups is 2. The van der Waals surface area contributed by atoms with Crippen molar-refractivity contribution in [3.8, 4) is 0 Å². The van der Waals surface area contributed by atoms with Crippen molar-refractivity contribution in [2.45, 2.75) is 25.7 Å². The van der Waals surface area contributed by atoms with Crippen LogP contribution in [0.15, 0.2) is 0 Å². The van der Waals surface area contributed by atoms with E-state index in [1.54, 1.807) is 0 Å². The highest BCUT2D eigenvalue weighted by atomic mass is 16.5. The van der Waals surface area contributed by atoms with E-state index in [2.05, 4.69) is 15.0 Å². The number of ether oxygens (including phenoxy) is 1. The molecule has 0 aromatic heterocycles. The van der Waals surface area contributed by atoms with Crippen LogP contribution in [0.2, 0.25) is 0 Å². The third kappa shape index (κ3) is 5.11. The van der Waals surface area contributed by atoms with E-state index in [0.29, 0.717) is 25.9 Å². The summed E-state index contributed by atoms with van der Waals surface area (Å²) in [6.45, 7) is 3.07. The van der Waals surface area contributed by atoms with Crippen molar-refractivity contribution in [2.75, 3.05) is 33.3 Å². The highest BCUT2D eigenvalue weighted by molar-refractivity contribution is 5.78. The molecule has 0 atom stereocenters. The minimum absolute atomic E-state index is 0.0479. The molecule has 1 N–H and O–H groups in total. The van der Waals surface area contributed by atoms with Crippen LogP contribution in [0.4, 0.5) is 0 Å². The number of hydrogen-bond acceptors (Lipinski definition) is 4. The van der Waals surface area contributed by atoms with Crippen LogP contribution in [0, 0.1) is 0 Å². The molecule has 0 radical (unpaired) electrons. The van der Waals surface area contributed by atoms with Gasteiger partial charge in [0.15, 0.2) is 0 Å². The summed E-state index contributed by atoms with van der Waals surface area (Å²) in [5, 5.41) is 2.80. The van der Waals surface area contributed by atoms with Gasteiger partial charge in [0.2, 0.25) is 5.91 Å². The Balaban J connectivity index is 1.99. The maximum absolute atomic E-state index is 11.4. The van der Waals surface area contributed by atoms with Crippen molar-refractivity contribution in [1.82, 2.24) is 10.2 Å². The molecule has 0 saturated carbocycles. The monoisotopic (exact) mass is 228 g/mol. The molecule has 1 aliphatic rings. The molecule has 5 nitrogen and oxygen atoms in total. The first kappa shape index (κ1) is 13.0. The molecule has 92 valence electrons. The summed E-state index contributed by atoms with van der Waals surface area (Å²) in [6.07, 6.45) is 3.38. The minimum Gasteiger partial charge on any atom is -0.469 e. The maximum atomic E-state index is 11.4. The second-order valence-electron chi connectivity index (χ2n) is 4.01. The Kier molecular flexibility index (Phi) is 5.85. The lowest BCUT2D eigenvalue weighted by molar-refractivity contribution is -0.140. The van der Waals surface area contributed by atoms with Gasteiger partial charge in [-0.25, -0.2) is 0 Å². The van der Waals surface area contributed by atoms with Crippen molar-refractivity contribution in [3.05, 3.63) is 0 Å². The Morgan fingerprint density at radius 1 is 1.31 bits per heavy atom. The number of methoxy groups -OCH3 is 1. The van der Waals surface area contributed by atoms with Gasteiger partial charge in [-0.3, -0.25) is 14.5 Å². The van der Waals surface area contributed by atoms with E-state index in [1.165, 1.54) is 20.0 Å². The molecule has 1 saturated heterocycles. The van der Waals surface area contributed by atoms with E-state index >= 15 is 0 Å². The van der Waals surface area contributed by atoms with Crippen LogP contribution >= 0.6 is 0 Å². The quantitative estimate of drug-likeness (QED) is 0.519. The number of hydrogen-bond donors (Lipinski definition) is 1. The largest absolute Gasteiger partial charge is 0.469 e. The number of likely N-dealkylation sites (tertiary alicyclic amines) is 1. The highest BCUT2D eigenvalue weighted by Gasteiger charge is 2.14. The zero-order valence-corrected chi connectivity index (χ0v) is 9.83. The van der Waals surface area contributed by atoms with Crippen LogP contribution in [0.5, 0.6) is 0 Å². The first-order valence-electron chi connectivity index (χ1n) is 5.78. The molecule has 16 heavy (non-hydrogen) atoms.